The van der Waals surface area contributed by atoms with Crippen molar-refractivity contribution in [2.45, 2.75) is 17.7 Å². The van der Waals surface area contributed by atoms with E-state index in [9.17, 15) is 18.3 Å². The van der Waals surface area contributed by atoms with Crippen LogP contribution in [0.2, 0.25) is 0 Å². The molecule has 0 amide bonds. The van der Waals surface area contributed by atoms with Crippen LogP contribution < -0.4 is 9.46 Å². The van der Waals surface area contributed by atoms with E-state index >= 15 is 0 Å². The first kappa shape index (κ1) is 22.9. The molecule has 3 N–H and O–H groups in total. The van der Waals surface area contributed by atoms with Crippen LogP contribution >= 0.6 is 0 Å². The number of methoxy groups -OCH3 is 1. The van der Waals surface area contributed by atoms with Crippen molar-refractivity contribution in [2.75, 3.05) is 11.8 Å². The van der Waals surface area contributed by atoms with Crippen LogP contribution in [0.4, 0.5) is 5.82 Å². The Kier molecular flexibility index (Phi) is 6.28. The third kappa shape index (κ3) is 5.04. The molecular weight excluding hydrogens is 460 g/mol. The van der Waals surface area contributed by atoms with E-state index in [0.29, 0.717) is 28.9 Å². The van der Waals surface area contributed by atoms with Crippen LogP contribution in [0.5, 0.6) is 11.5 Å². The molecule has 0 radical (unpaired) electrons. The molecule has 0 atom stereocenters. The van der Waals surface area contributed by atoms with Gasteiger partial charge >= 0.3 is 5.97 Å². The van der Waals surface area contributed by atoms with Gasteiger partial charge in [0, 0.05) is 12.0 Å². The fourth-order valence-corrected chi connectivity index (χ4v) is 4.21. The predicted molar refractivity (Wildman–Crippen MR) is 124 cm³/mol. The molecule has 2 aromatic heterocycles. The minimum atomic E-state index is -3.95. The summed E-state index contributed by atoms with van der Waals surface area (Å²) in [5.41, 5.74) is 2.63. The Bertz CT molecular complexity index is 1470. The lowest BCUT2D eigenvalue weighted by molar-refractivity contribution is -0.136. The maximum atomic E-state index is 12.8. The van der Waals surface area contributed by atoms with Crippen molar-refractivity contribution in [2.24, 2.45) is 0 Å². The lowest BCUT2D eigenvalue weighted by Crippen LogP contribution is -2.14. The smallest absolute Gasteiger partial charge is 0.303 e. The molecule has 0 saturated heterocycles. The third-order valence-electron chi connectivity index (χ3n) is 4.98. The number of carboxylic acids is 1. The van der Waals surface area contributed by atoms with Crippen molar-refractivity contribution in [1.82, 2.24) is 15.0 Å². The Labute approximate surface area is 195 Å². The van der Waals surface area contributed by atoms with Crippen LogP contribution in [0.15, 0.2) is 65.7 Å². The number of anilines is 1. The molecule has 174 valence electrons. The summed E-state index contributed by atoms with van der Waals surface area (Å²) in [5.74, 6) is -0.635. The number of sulfonamides is 1. The number of phenols is 1. The number of hydrogen-bond donors (Lipinski definition) is 3. The van der Waals surface area contributed by atoms with E-state index in [2.05, 4.69) is 19.7 Å². The van der Waals surface area contributed by atoms with Crippen molar-refractivity contribution in [3.8, 4) is 22.8 Å². The first-order valence-corrected chi connectivity index (χ1v) is 11.6. The highest BCUT2D eigenvalue weighted by Crippen LogP contribution is 2.31. The highest BCUT2D eigenvalue weighted by atomic mass is 32.2. The zero-order valence-corrected chi connectivity index (χ0v) is 18.8. The molecule has 2 heterocycles. The molecule has 4 aromatic rings. The van der Waals surface area contributed by atoms with Crippen molar-refractivity contribution in [3.63, 3.8) is 0 Å². The summed E-state index contributed by atoms with van der Waals surface area (Å²) < 4.78 is 33.1. The van der Waals surface area contributed by atoms with E-state index < -0.39 is 16.0 Å². The predicted octanol–water partition coefficient (Wildman–Crippen LogP) is 3.22. The number of nitrogens with one attached hydrogen (secondary N) is 1. The average Bonchev–Trinajstić information content (AvgIpc) is 2.82. The average molecular weight is 481 g/mol. The van der Waals surface area contributed by atoms with E-state index in [1.54, 1.807) is 36.4 Å². The van der Waals surface area contributed by atoms with Gasteiger partial charge in [-0.25, -0.2) is 23.4 Å². The lowest BCUT2D eigenvalue weighted by Gasteiger charge is -2.09. The molecule has 11 heteroatoms. The number of aromatic hydroxyl groups is 1. The van der Waals surface area contributed by atoms with Crippen molar-refractivity contribution in [3.05, 3.63) is 66.4 Å². The number of carboxylic acid groups (broad SMARTS) is 1. The molecule has 0 bridgehead atoms. The number of aromatic nitrogens is 3. The normalized spacial score (nSPS) is 11.3. The highest BCUT2D eigenvalue weighted by Gasteiger charge is 2.16. The number of aryl methyl sites for hydroxylation is 1. The number of hydrogen-bond acceptors (Lipinski definition) is 8. The van der Waals surface area contributed by atoms with Crippen LogP contribution in [0.3, 0.4) is 0 Å². The molecule has 2 aromatic carbocycles. The van der Waals surface area contributed by atoms with Gasteiger partial charge in [-0.3, -0.25) is 9.52 Å². The first-order chi connectivity index (χ1) is 16.2. The van der Waals surface area contributed by atoms with Gasteiger partial charge in [-0.15, -0.1) is 0 Å². The summed E-state index contributed by atoms with van der Waals surface area (Å²) in [4.78, 5) is 23.7. The van der Waals surface area contributed by atoms with Gasteiger partial charge in [0.25, 0.3) is 10.0 Å². The molecule has 0 aliphatic heterocycles. The lowest BCUT2D eigenvalue weighted by atomic mass is 10.1. The number of phenolic OH excluding ortho intramolecular Hbond substituents is 1. The van der Waals surface area contributed by atoms with Gasteiger partial charge in [-0.2, -0.15) is 0 Å². The van der Waals surface area contributed by atoms with E-state index in [1.807, 2.05) is 0 Å². The summed E-state index contributed by atoms with van der Waals surface area (Å²) in [5, 5.41) is 18.6. The standard InChI is InChI=1S/C23H20N4O6S/c1-33-20-12-15(5-10-19(20)28)17-8-9-18-23(25-17)26-21(13-24-18)27-34(31,32)16-6-2-14(3-7-16)4-11-22(29)30/h2-3,5-10,12-13,28H,4,11H2,1H3,(H,29,30)(H,25,26,27). The summed E-state index contributed by atoms with van der Waals surface area (Å²) in [7, 11) is -2.50. The largest absolute Gasteiger partial charge is 0.504 e. The zero-order valence-electron chi connectivity index (χ0n) is 18.0. The number of aliphatic carboxylic acids is 1. The summed E-state index contributed by atoms with van der Waals surface area (Å²) in [6.45, 7) is 0. The number of benzene rings is 2. The molecule has 0 spiro atoms. The molecule has 10 nitrogen and oxygen atoms in total. The second-order valence-corrected chi connectivity index (χ2v) is 9.01. The Balaban J connectivity index is 1.59. The van der Waals surface area contributed by atoms with Crippen LogP contribution in [-0.2, 0) is 21.2 Å². The van der Waals surface area contributed by atoms with Crippen LogP contribution in [0.25, 0.3) is 22.4 Å². The van der Waals surface area contributed by atoms with E-state index in [-0.39, 0.29) is 28.5 Å². The second kappa shape index (κ2) is 9.32. The fourth-order valence-electron chi connectivity index (χ4n) is 3.23. The Morgan fingerprint density at radius 3 is 2.53 bits per heavy atom. The van der Waals surface area contributed by atoms with E-state index in [4.69, 9.17) is 9.84 Å². The van der Waals surface area contributed by atoms with Crippen molar-refractivity contribution in [1.29, 1.82) is 0 Å². The van der Waals surface area contributed by atoms with Gasteiger partial charge in [0.1, 0.15) is 5.52 Å². The van der Waals surface area contributed by atoms with Crippen LogP contribution in [-0.4, -0.2) is 46.7 Å². The van der Waals surface area contributed by atoms with Gasteiger partial charge in [0.05, 0.1) is 23.9 Å². The minimum absolute atomic E-state index is 0.00144. The highest BCUT2D eigenvalue weighted by molar-refractivity contribution is 7.92. The molecule has 0 saturated carbocycles. The molecule has 0 aliphatic carbocycles. The van der Waals surface area contributed by atoms with Gasteiger partial charge in [-0.1, -0.05) is 12.1 Å². The Morgan fingerprint density at radius 1 is 1.06 bits per heavy atom. The monoisotopic (exact) mass is 480 g/mol. The van der Waals surface area contributed by atoms with Gasteiger partial charge in [-0.05, 0) is 54.4 Å². The summed E-state index contributed by atoms with van der Waals surface area (Å²) in [6, 6.07) is 14.2. The van der Waals surface area contributed by atoms with Crippen LogP contribution in [0, 0.1) is 0 Å². The number of pyridine rings is 1. The minimum Gasteiger partial charge on any atom is -0.504 e. The molecule has 0 unspecified atom stereocenters. The number of ether oxygens (including phenoxy) is 1. The topological polar surface area (TPSA) is 152 Å². The maximum Gasteiger partial charge on any atom is 0.303 e. The van der Waals surface area contributed by atoms with Gasteiger partial charge in [0.15, 0.2) is 23.0 Å². The third-order valence-corrected chi connectivity index (χ3v) is 6.35. The SMILES string of the molecule is COc1cc(-c2ccc3ncc(NS(=O)(=O)c4ccc(CCC(=O)O)cc4)nc3n2)ccc1O. The molecule has 0 aliphatic rings. The Morgan fingerprint density at radius 2 is 1.82 bits per heavy atom. The van der Waals surface area contributed by atoms with Crippen molar-refractivity contribution >= 4 is 33.0 Å². The summed E-state index contributed by atoms with van der Waals surface area (Å²) in [6.07, 6.45) is 1.56. The molecule has 4 rings (SSSR count). The maximum absolute atomic E-state index is 12.8. The Hall–Kier alpha value is -4.25. The number of carbonyl (C=O) groups is 1. The molecule has 0 fully saturated rings. The first-order valence-electron chi connectivity index (χ1n) is 10.1. The van der Waals surface area contributed by atoms with E-state index in [1.165, 1.54) is 31.5 Å². The fraction of sp³-hybridized carbons (Fsp3) is 0.130. The molecular formula is C23H20N4O6S. The number of nitrogens with zero attached hydrogens (tertiary/aromatic N) is 3. The second-order valence-electron chi connectivity index (χ2n) is 7.32. The van der Waals surface area contributed by atoms with Gasteiger partial charge in [0.2, 0.25) is 0 Å². The number of fused-ring (bicyclic) bond motifs is 1. The molecule has 34 heavy (non-hydrogen) atoms. The van der Waals surface area contributed by atoms with E-state index in [0.717, 1.165) is 5.56 Å². The van der Waals surface area contributed by atoms with Gasteiger partial charge < -0.3 is 14.9 Å². The van der Waals surface area contributed by atoms with Crippen molar-refractivity contribution < 1.29 is 28.2 Å². The van der Waals surface area contributed by atoms with Crippen LogP contribution in [0.1, 0.15) is 12.0 Å². The number of rotatable bonds is 8. The zero-order chi connectivity index (χ0) is 24.3. The quantitative estimate of drug-likeness (QED) is 0.345. The summed E-state index contributed by atoms with van der Waals surface area (Å²) >= 11 is 0.